The average molecular weight is 449 g/mol. The molecule has 1 aromatic rings. The number of likely N-dealkylation sites (tertiary alicyclic amines) is 1. The van der Waals surface area contributed by atoms with E-state index in [0.717, 1.165) is 18.7 Å². The van der Waals surface area contributed by atoms with Crippen molar-refractivity contribution in [1.29, 1.82) is 0 Å². The predicted octanol–water partition coefficient (Wildman–Crippen LogP) is 1.98. The van der Waals surface area contributed by atoms with E-state index in [2.05, 4.69) is 5.32 Å². The Balaban J connectivity index is 0.000000703. The lowest BCUT2D eigenvalue weighted by Gasteiger charge is -2.32. The zero-order valence-electron chi connectivity index (χ0n) is 17.2. The normalized spacial score (nSPS) is 14.5. The first-order valence-electron chi connectivity index (χ1n) is 9.37. The van der Waals surface area contributed by atoms with Gasteiger partial charge in [0.2, 0.25) is 0 Å². The molecular formula is C19H26F3N3O6. The summed E-state index contributed by atoms with van der Waals surface area (Å²) in [6.07, 6.45) is -3.38. The molecule has 0 unspecified atom stereocenters. The Kier molecular flexibility index (Phi) is 10.1. The van der Waals surface area contributed by atoms with Crippen molar-refractivity contribution in [3.05, 3.63) is 29.8 Å². The Labute approximate surface area is 177 Å². The van der Waals surface area contributed by atoms with Gasteiger partial charge in [-0.2, -0.15) is 13.2 Å². The summed E-state index contributed by atoms with van der Waals surface area (Å²) in [7, 11) is 3.87. The van der Waals surface area contributed by atoms with Gasteiger partial charge in [0.05, 0.1) is 5.56 Å². The van der Waals surface area contributed by atoms with Crippen molar-refractivity contribution >= 4 is 18.0 Å². The molecule has 0 spiro atoms. The van der Waals surface area contributed by atoms with E-state index in [4.69, 9.17) is 24.5 Å². The number of benzene rings is 1. The molecule has 1 aromatic carbocycles. The van der Waals surface area contributed by atoms with Crippen molar-refractivity contribution in [3.63, 3.8) is 0 Å². The first-order chi connectivity index (χ1) is 14.4. The van der Waals surface area contributed by atoms with Gasteiger partial charge in [-0.15, -0.1) is 0 Å². The Morgan fingerprint density at radius 3 is 2.23 bits per heavy atom. The third-order valence-corrected chi connectivity index (χ3v) is 4.21. The highest BCUT2D eigenvalue weighted by Gasteiger charge is 2.31. The fraction of sp³-hybridized carbons (Fsp3) is 0.526. The van der Waals surface area contributed by atoms with Gasteiger partial charge in [-0.3, -0.25) is 0 Å². The van der Waals surface area contributed by atoms with Crippen LogP contribution in [0.4, 0.5) is 18.0 Å². The minimum absolute atomic E-state index is 0.112. The van der Waals surface area contributed by atoms with Crippen molar-refractivity contribution in [2.45, 2.75) is 25.1 Å². The summed E-state index contributed by atoms with van der Waals surface area (Å²) in [5.74, 6) is -3.44. The van der Waals surface area contributed by atoms with E-state index in [1.807, 2.05) is 19.0 Å². The van der Waals surface area contributed by atoms with E-state index in [0.29, 0.717) is 32.5 Å². The summed E-state index contributed by atoms with van der Waals surface area (Å²) < 4.78 is 43.9. The SMILES string of the molecule is CN(C)CCNC(=O)N1CCC(Oc2cccc(C(F)(F)F)c2)CC1.O=C(O)C(=O)O. The number of likely N-dealkylation sites (N-methyl/N-ethyl adjacent to an activating group) is 1. The zero-order chi connectivity index (χ0) is 23.6. The molecule has 9 nitrogen and oxygen atoms in total. The number of carboxylic acid groups (broad SMARTS) is 2. The second kappa shape index (κ2) is 12.0. The van der Waals surface area contributed by atoms with Crippen LogP contribution in [0.25, 0.3) is 0 Å². The fourth-order valence-electron chi connectivity index (χ4n) is 2.61. The molecule has 1 heterocycles. The summed E-state index contributed by atoms with van der Waals surface area (Å²) in [5, 5.41) is 17.6. The average Bonchev–Trinajstić information content (AvgIpc) is 2.68. The van der Waals surface area contributed by atoms with Crippen LogP contribution in [0.5, 0.6) is 5.75 Å². The lowest BCUT2D eigenvalue weighted by Crippen LogP contribution is -2.47. The molecule has 31 heavy (non-hydrogen) atoms. The van der Waals surface area contributed by atoms with Crippen LogP contribution in [-0.2, 0) is 15.8 Å². The number of alkyl halides is 3. The van der Waals surface area contributed by atoms with E-state index >= 15 is 0 Å². The topological polar surface area (TPSA) is 119 Å². The number of hydrogen-bond acceptors (Lipinski definition) is 5. The molecule has 12 heteroatoms. The number of carbonyl (C=O) groups excluding carboxylic acids is 1. The molecule has 0 bridgehead atoms. The van der Waals surface area contributed by atoms with Crippen molar-refractivity contribution < 1.29 is 42.5 Å². The number of nitrogens with one attached hydrogen (secondary N) is 1. The summed E-state index contributed by atoms with van der Waals surface area (Å²) >= 11 is 0. The van der Waals surface area contributed by atoms with Gasteiger partial charge in [0.1, 0.15) is 11.9 Å². The van der Waals surface area contributed by atoms with Gasteiger partial charge in [0.15, 0.2) is 0 Å². The number of halogens is 3. The summed E-state index contributed by atoms with van der Waals surface area (Å²) in [4.78, 5) is 33.9. The standard InChI is InChI=1S/C17H24F3N3O2.C2H2O4/c1-22(2)11-8-21-16(24)23-9-6-14(7-10-23)25-15-5-3-4-13(12-15)17(18,19)20;3-1(4)2(5)6/h3-5,12,14H,6-11H2,1-2H3,(H,21,24);(H,3,4)(H,5,6). The highest BCUT2D eigenvalue weighted by atomic mass is 19.4. The van der Waals surface area contributed by atoms with Crippen molar-refractivity contribution in [1.82, 2.24) is 15.1 Å². The quantitative estimate of drug-likeness (QED) is 0.588. The molecule has 1 saturated heterocycles. The number of rotatable bonds is 5. The van der Waals surface area contributed by atoms with Crippen LogP contribution in [0.3, 0.4) is 0 Å². The van der Waals surface area contributed by atoms with E-state index < -0.39 is 23.7 Å². The Morgan fingerprint density at radius 2 is 1.74 bits per heavy atom. The highest BCUT2D eigenvalue weighted by molar-refractivity contribution is 6.27. The number of piperidine rings is 1. The first kappa shape index (κ1) is 26.0. The Morgan fingerprint density at radius 1 is 1.16 bits per heavy atom. The van der Waals surface area contributed by atoms with Crippen molar-refractivity contribution in [3.8, 4) is 5.75 Å². The molecule has 0 saturated carbocycles. The molecule has 1 aliphatic heterocycles. The van der Waals surface area contributed by atoms with Gasteiger partial charge in [-0.1, -0.05) is 6.07 Å². The maximum absolute atomic E-state index is 12.7. The van der Waals surface area contributed by atoms with Crippen LogP contribution in [0, 0.1) is 0 Å². The number of amides is 2. The lowest BCUT2D eigenvalue weighted by atomic mass is 10.1. The monoisotopic (exact) mass is 449 g/mol. The van der Waals surface area contributed by atoms with Crippen molar-refractivity contribution in [2.24, 2.45) is 0 Å². The second-order valence-corrected chi connectivity index (χ2v) is 6.98. The molecule has 3 N–H and O–H groups in total. The maximum atomic E-state index is 12.7. The third-order valence-electron chi connectivity index (χ3n) is 4.21. The largest absolute Gasteiger partial charge is 0.490 e. The molecule has 1 fully saturated rings. The molecule has 1 aliphatic rings. The number of ether oxygens (including phenoxy) is 1. The molecule has 2 amide bonds. The second-order valence-electron chi connectivity index (χ2n) is 6.98. The van der Waals surface area contributed by atoms with Gasteiger partial charge >= 0.3 is 24.1 Å². The van der Waals surface area contributed by atoms with Crippen LogP contribution < -0.4 is 10.1 Å². The number of hydrogen-bond donors (Lipinski definition) is 3. The van der Waals surface area contributed by atoms with Gasteiger partial charge in [-0.25, -0.2) is 14.4 Å². The van der Waals surface area contributed by atoms with Gasteiger partial charge in [0, 0.05) is 39.0 Å². The fourth-order valence-corrected chi connectivity index (χ4v) is 2.61. The summed E-state index contributed by atoms with van der Waals surface area (Å²) in [6, 6.07) is 4.79. The zero-order valence-corrected chi connectivity index (χ0v) is 17.2. The minimum Gasteiger partial charge on any atom is -0.490 e. The van der Waals surface area contributed by atoms with Crippen LogP contribution in [0.1, 0.15) is 18.4 Å². The van der Waals surface area contributed by atoms with Gasteiger partial charge in [0.25, 0.3) is 0 Å². The van der Waals surface area contributed by atoms with E-state index in [9.17, 15) is 18.0 Å². The molecule has 0 aromatic heterocycles. The van der Waals surface area contributed by atoms with Gasteiger partial charge < -0.3 is 30.1 Å². The predicted molar refractivity (Wildman–Crippen MR) is 104 cm³/mol. The molecule has 2 rings (SSSR count). The summed E-state index contributed by atoms with van der Waals surface area (Å²) in [6.45, 7) is 2.39. The van der Waals surface area contributed by atoms with E-state index in [1.165, 1.54) is 12.1 Å². The van der Waals surface area contributed by atoms with Crippen LogP contribution in [0.15, 0.2) is 24.3 Å². The molecular weight excluding hydrogens is 423 g/mol. The number of aliphatic carboxylic acids is 2. The van der Waals surface area contributed by atoms with Crippen LogP contribution in [-0.4, -0.2) is 84.4 Å². The van der Waals surface area contributed by atoms with Crippen molar-refractivity contribution in [2.75, 3.05) is 40.3 Å². The highest BCUT2D eigenvalue weighted by Crippen LogP contribution is 2.32. The number of carboxylic acids is 2. The first-order valence-corrected chi connectivity index (χ1v) is 9.37. The summed E-state index contributed by atoms with van der Waals surface area (Å²) in [5.41, 5.74) is -0.720. The Bertz CT molecular complexity index is 738. The van der Waals surface area contributed by atoms with E-state index in [-0.39, 0.29) is 17.9 Å². The maximum Gasteiger partial charge on any atom is 0.416 e. The molecule has 0 aliphatic carbocycles. The number of carbonyl (C=O) groups is 3. The smallest absolute Gasteiger partial charge is 0.416 e. The molecule has 0 atom stereocenters. The Hall–Kier alpha value is -3.02. The molecule has 174 valence electrons. The third kappa shape index (κ3) is 10.0. The molecule has 0 radical (unpaired) electrons. The van der Waals surface area contributed by atoms with E-state index in [1.54, 1.807) is 4.90 Å². The number of nitrogens with zero attached hydrogens (tertiary/aromatic N) is 2. The van der Waals surface area contributed by atoms with Crippen LogP contribution >= 0.6 is 0 Å². The minimum atomic E-state index is -4.38. The lowest BCUT2D eigenvalue weighted by molar-refractivity contribution is -0.159. The number of urea groups is 1. The van der Waals surface area contributed by atoms with Crippen LogP contribution in [0.2, 0.25) is 0 Å². The van der Waals surface area contributed by atoms with Gasteiger partial charge in [-0.05, 0) is 32.3 Å².